The standard InChI is InChI=1S/C18H20BrN5S/c19-17-11-20-18-16(21-17)10-15(22-18)12-6-8-14(9-7-12)24-25-23-13-4-2-1-3-5-13/h1-5,10-12,14,23-24H,6-9H2,(H,20,22). The van der Waals surface area contributed by atoms with Gasteiger partial charge in [-0.05, 0) is 65.7 Å². The van der Waals surface area contributed by atoms with E-state index in [-0.39, 0.29) is 0 Å². The van der Waals surface area contributed by atoms with Gasteiger partial charge in [0.1, 0.15) is 10.1 Å². The third kappa shape index (κ3) is 4.16. The van der Waals surface area contributed by atoms with E-state index in [9.17, 15) is 0 Å². The molecule has 0 unspecified atom stereocenters. The van der Waals surface area contributed by atoms with E-state index in [0.29, 0.717) is 12.0 Å². The van der Waals surface area contributed by atoms with Crippen molar-refractivity contribution in [1.82, 2.24) is 19.7 Å². The molecule has 1 aliphatic rings. The number of hydrogen-bond donors (Lipinski definition) is 3. The van der Waals surface area contributed by atoms with Gasteiger partial charge in [-0.15, -0.1) is 0 Å². The minimum Gasteiger partial charge on any atom is -0.342 e. The molecule has 2 aromatic heterocycles. The van der Waals surface area contributed by atoms with Crippen molar-refractivity contribution in [1.29, 1.82) is 0 Å². The summed E-state index contributed by atoms with van der Waals surface area (Å²) < 4.78 is 7.66. The van der Waals surface area contributed by atoms with Crippen LogP contribution in [0.2, 0.25) is 0 Å². The molecule has 130 valence electrons. The van der Waals surface area contributed by atoms with Crippen LogP contribution in [0.3, 0.4) is 0 Å². The van der Waals surface area contributed by atoms with Gasteiger partial charge < -0.3 is 9.71 Å². The molecule has 3 N–H and O–H groups in total. The van der Waals surface area contributed by atoms with Gasteiger partial charge >= 0.3 is 0 Å². The Morgan fingerprint density at radius 2 is 1.92 bits per heavy atom. The van der Waals surface area contributed by atoms with Crippen molar-refractivity contribution in [3.05, 3.63) is 52.9 Å². The van der Waals surface area contributed by atoms with E-state index in [4.69, 9.17) is 0 Å². The van der Waals surface area contributed by atoms with Crippen LogP contribution in [0, 0.1) is 0 Å². The molecule has 5 nitrogen and oxygen atoms in total. The Morgan fingerprint density at radius 1 is 1.12 bits per heavy atom. The molecule has 0 aliphatic heterocycles. The summed E-state index contributed by atoms with van der Waals surface area (Å²) in [4.78, 5) is 12.3. The van der Waals surface area contributed by atoms with Gasteiger partial charge in [-0.3, -0.25) is 0 Å². The van der Waals surface area contributed by atoms with Crippen LogP contribution in [0.1, 0.15) is 37.3 Å². The fraction of sp³-hybridized carbons (Fsp3) is 0.333. The Hall–Kier alpha value is -1.57. The first-order valence-corrected chi connectivity index (χ1v) is 10.1. The average Bonchev–Trinajstić information content (AvgIpc) is 3.06. The van der Waals surface area contributed by atoms with Crippen LogP contribution in [0.15, 0.2) is 47.2 Å². The lowest BCUT2D eigenvalue weighted by molar-refractivity contribution is 0.378. The number of benzene rings is 1. The number of fused-ring (bicyclic) bond motifs is 1. The van der Waals surface area contributed by atoms with E-state index in [1.807, 2.05) is 18.2 Å². The maximum absolute atomic E-state index is 4.47. The molecule has 7 heteroatoms. The summed E-state index contributed by atoms with van der Waals surface area (Å²) in [6.45, 7) is 0. The molecule has 4 rings (SSSR count). The third-order valence-corrected chi connectivity index (χ3v) is 5.83. The Labute approximate surface area is 159 Å². The minimum absolute atomic E-state index is 0.548. The Bertz CT molecular complexity index is 830. The van der Waals surface area contributed by atoms with Gasteiger partial charge in [0.15, 0.2) is 5.65 Å². The molecule has 1 aromatic carbocycles. The number of H-pyrrole nitrogens is 1. The smallest absolute Gasteiger partial charge is 0.156 e. The van der Waals surface area contributed by atoms with Crippen LogP contribution in [-0.4, -0.2) is 21.0 Å². The lowest BCUT2D eigenvalue weighted by Crippen LogP contribution is -2.29. The molecular weight excluding hydrogens is 398 g/mol. The molecule has 1 saturated carbocycles. The van der Waals surface area contributed by atoms with Crippen molar-refractivity contribution in [3.63, 3.8) is 0 Å². The van der Waals surface area contributed by atoms with Crippen LogP contribution in [0.25, 0.3) is 11.2 Å². The van der Waals surface area contributed by atoms with Crippen LogP contribution >= 0.6 is 28.1 Å². The van der Waals surface area contributed by atoms with E-state index in [0.717, 1.165) is 21.5 Å². The molecule has 0 bridgehead atoms. The van der Waals surface area contributed by atoms with Crippen molar-refractivity contribution >= 4 is 44.9 Å². The normalized spacial score (nSPS) is 20.7. The molecule has 2 heterocycles. The quantitative estimate of drug-likeness (QED) is 0.509. The number of nitrogens with one attached hydrogen (secondary N) is 3. The molecule has 0 amide bonds. The number of hydrogen-bond acceptors (Lipinski definition) is 5. The van der Waals surface area contributed by atoms with Crippen LogP contribution in [0.4, 0.5) is 5.69 Å². The van der Waals surface area contributed by atoms with E-state index < -0.39 is 0 Å². The summed E-state index contributed by atoms with van der Waals surface area (Å²) in [5.41, 5.74) is 4.20. The highest BCUT2D eigenvalue weighted by Gasteiger charge is 2.23. The summed E-state index contributed by atoms with van der Waals surface area (Å²) in [6.07, 6.45) is 6.44. The first kappa shape index (κ1) is 16.9. The van der Waals surface area contributed by atoms with Crippen molar-refractivity contribution in [2.24, 2.45) is 0 Å². The second-order valence-electron chi connectivity index (χ2n) is 6.39. The highest BCUT2D eigenvalue weighted by atomic mass is 79.9. The largest absolute Gasteiger partial charge is 0.342 e. The van der Waals surface area contributed by atoms with Gasteiger partial charge in [-0.25, -0.2) is 14.7 Å². The van der Waals surface area contributed by atoms with Crippen LogP contribution in [0.5, 0.6) is 0 Å². The predicted octanol–water partition coefficient (Wildman–Crippen LogP) is 5.01. The van der Waals surface area contributed by atoms with Gasteiger partial charge in [-0.2, -0.15) is 0 Å². The number of para-hydroxylation sites is 1. The van der Waals surface area contributed by atoms with Crippen LogP contribution in [-0.2, 0) is 0 Å². The van der Waals surface area contributed by atoms with Crippen molar-refractivity contribution in [2.45, 2.75) is 37.6 Å². The number of halogens is 1. The van der Waals surface area contributed by atoms with E-state index in [2.05, 4.69) is 58.5 Å². The number of nitrogens with zero attached hydrogens (tertiary/aromatic N) is 2. The second kappa shape index (κ2) is 7.76. The zero-order valence-electron chi connectivity index (χ0n) is 13.7. The molecule has 1 aliphatic carbocycles. The van der Waals surface area contributed by atoms with E-state index in [1.165, 1.54) is 31.4 Å². The summed E-state index contributed by atoms with van der Waals surface area (Å²) in [5.74, 6) is 0.569. The topological polar surface area (TPSA) is 65.6 Å². The SMILES string of the molecule is Brc1cnc2[nH]c(C3CCC(NSNc4ccccc4)CC3)cc2n1. The Morgan fingerprint density at radius 3 is 2.72 bits per heavy atom. The molecule has 0 saturated heterocycles. The molecule has 25 heavy (non-hydrogen) atoms. The first-order chi connectivity index (χ1) is 12.3. The molecule has 0 radical (unpaired) electrons. The lowest BCUT2D eigenvalue weighted by atomic mass is 9.84. The van der Waals surface area contributed by atoms with Gasteiger partial charge in [0.25, 0.3) is 0 Å². The Kier molecular flexibility index (Phi) is 5.24. The highest BCUT2D eigenvalue weighted by Crippen LogP contribution is 2.34. The Balaban J connectivity index is 1.28. The highest BCUT2D eigenvalue weighted by molar-refractivity contribution is 9.10. The minimum atomic E-state index is 0.548. The van der Waals surface area contributed by atoms with Gasteiger partial charge in [0, 0.05) is 29.6 Å². The monoisotopic (exact) mass is 417 g/mol. The molecule has 3 aromatic rings. The maximum Gasteiger partial charge on any atom is 0.156 e. The van der Waals surface area contributed by atoms with Crippen LogP contribution < -0.4 is 9.44 Å². The number of rotatable bonds is 5. The summed E-state index contributed by atoms with van der Waals surface area (Å²) in [7, 11) is 0. The third-order valence-electron chi connectivity index (χ3n) is 4.66. The van der Waals surface area contributed by atoms with Gasteiger partial charge in [0.2, 0.25) is 0 Å². The molecular formula is C18H20BrN5S. The fourth-order valence-electron chi connectivity index (χ4n) is 3.32. The average molecular weight is 418 g/mol. The van der Waals surface area contributed by atoms with E-state index >= 15 is 0 Å². The zero-order chi connectivity index (χ0) is 17.1. The number of anilines is 1. The number of aromatic nitrogens is 3. The van der Waals surface area contributed by atoms with Crippen molar-refractivity contribution in [3.8, 4) is 0 Å². The predicted molar refractivity (Wildman–Crippen MR) is 107 cm³/mol. The molecule has 1 fully saturated rings. The van der Waals surface area contributed by atoms with Gasteiger partial charge in [0.05, 0.1) is 6.20 Å². The van der Waals surface area contributed by atoms with E-state index in [1.54, 1.807) is 18.3 Å². The summed E-state index contributed by atoms with van der Waals surface area (Å²) >= 11 is 4.96. The van der Waals surface area contributed by atoms with Crippen molar-refractivity contribution in [2.75, 3.05) is 4.72 Å². The molecule has 0 spiro atoms. The number of aromatic amines is 1. The summed E-state index contributed by atoms with van der Waals surface area (Å²) in [6, 6.07) is 12.9. The zero-order valence-corrected chi connectivity index (χ0v) is 16.1. The second-order valence-corrected chi connectivity index (χ2v) is 7.84. The maximum atomic E-state index is 4.47. The fourth-order valence-corrected chi connectivity index (χ4v) is 4.33. The first-order valence-electron chi connectivity index (χ1n) is 8.51. The lowest BCUT2D eigenvalue weighted by Gasteiger charge is -2.28. The summed E-state index contributed by atoms with van der Waals surface area (Å²) in [5, 5.41) is 0. The van der Waals surface area contributed by atoms with Gasteiger partial charge in [-0.1, -0.05) is 18.2 Å². The van der Waals surface area contributed by atoms with Crippen molar-refractivity contribution < 1.29 is 0 Å². The molecule has 0 atom stereocenters.